The van der Waals surface area contributed by atoms with Gasteiger partial charge < -0.3 is 19.7 Å². The van der Waals surface area contributed by atoms with Gasteiger partial charge in [0.25, 0.3) is 0 Å². The first-order chi connectivity index (χ1) is 13.6. The second-order valence-electron chi connectivity index (χ2n) is 6.30. The zero-order chi connectivity index (χ0) is 20.2. The smallest absolute Gasteiger partial charge is 0.343 e. The number of phenolic OH excluding ortho intramolecular Hbond substituents is 1. The molecule has 0 saturated carbocycles. The Kier molecular flexibility index (Phi) is 9.01. The molecule has 0 fully saturated rings. The second kappa shape index (κ2) is 11.8. The fourth-order valence-corrected chi connectivity index (χ4v) is 2.49. The molecule has 2 aromatic rings. The van der Waals surface area contributed by atoms with E-state index in [-0.39, 0.29) is 24.7 Å². The van der Waals surface area contributed by atoms with Crippen LogP contribution in [0.25, 0.3) is 0 Å². The highest BCUT2D eigenvalue weighted by Crippen LogP contribution is 2.23. The van der Waals surface area contributed by atoms with Gasteiger partial charge in [0.1, 0.15) is 17.2 Å². The molecule has 6 heteroatoms. The van der Waals surface area contributed by atoms with Crippen LogP contribution < -0.4 is 9.47 Å². The number of rotatable bonds is 11. The maximum atomic E-state index is 12.3. The number of hydrogen-bond donors (Lipinski definition) is 2. The topological polar surface area (TPSA) is 88.4 Å². The van der Waals surface area contributed by atoms with Crippen LogP contribution in [0.4, 0.5) is 0 Å². The number of carbonyl (C=O) groups excluding carboxylic acids is 1. The fraction of sp³-hybridized carbons (Fsp3) is 0.364. The second-order valence-corrected chi connectivity index (χ2v) is 6.30. The Morgan fingerprint density at radius 1 is 1.07 bits per heavy atom. The van der Waals surface area contributed by atoms with Crippen molar-refractivity contribution in [1.82, 2.24) is 0 Å². The van der Waals surface area contributed by atoms with Crippen molar-refractivity contribution in [3.8, 4) is 17.2 Å². The quantitative estimate of drug-likeness (QED) is 0.264. The van der Waals surface area contributed by atoms with E-state index in [1.54, 1.807) is 36.4 Å². The summed E-state index contributed by atoms with van der Waals surface area (Å²) < 4.78 is 11.0. The highest BCUT2D eigenvalue weighted by molar-refractivity contribution is 5.91. The Bertz CT molecular complexity index is 771. The summed E-state index contributed by atoms with van der Waals surface area (Å²) in [6.45, 7) is 3.03. The van der Waals surface area contributed by atoms with Crippen LogP contribution >= 0.6 is 0 Å². The number of aromatic hydroxyl groups is 1. The molecular formula is C22H27NO5. The maximum Gasteiger partial charge on any atom is 0.343 e. The van der Waals surface area contributed by atoms with Crippen LogP contribution in [0, 0.1) is 0 Å². The molecule has 0 radical (unpaired) electrons. The van der Waals surface area contributed by atoms with Crippen LogP contribution in [0.5, 0.6) is 17.2 Å². The van der Waals surface area contributed by atoms with E-state index in [1.807, 2.05) is 0 Å². The van der Waals surface area contributed by atoms with Crippen LogP contribution in [-0.4, -0.2) is 42.2 Å². The number of aliphatic hydroxyl groups excluding tert-OH is 1. The summed E-state index contributed by atoms with van der Waals surface area (Å²) in [6, 6.07) is 11.3. The molecule has 0 atom stereocenters. The molecule has 150 valence electrons. The first-order valence-electron chi connectivity index (χ1n) is 9.52. The molecule has 0 amide bonds. The average Bonchev–Trinajstić information content (AvgIpc) is 2.70. The van der Waals surface area contributed by atoms with Gasteiger partial charge >= 0.3 is 5.97 Å². The van der Waals surface area contributed by atoms with Gasteiger partial charge in [-0.2, -0.15) is 0 Å². The molecule has 6 nitrogen and oxygen atoms in total. The van der Waals surface area contributed by atoms with Gasteiger partial charge in [0, 0.05) is 17.8 Å². The van der Waals surface area contributed by atoms with E-state index in [0.29, 0.717) is 17.7 Å². The average molecular weight is 385 g/mol. The van der Waals surface area contributed by atoms with Crippen LogP contribution in [-0.2, 0) is 0 Å². The number of hydrogen-bond acceptors (Lipinski definition) is 6. The highest BCUT2D eigenvalue weighted by Gasteiger charge is 2.10. The lowest BCUT2D eigenvalue weighted by atomic mass is 10.2. The lowest BCUT2D eigenvalue weighted by Crippen LogP contribution is -2.08. The minimum absolute atomic E-state index is 0.0567. The van der Waals surface area contributed by atoms with Crippen LogP contribution in [0.1, 0.15) is 48.5 Å². The minimum Gasteiger partial charge on any atom is -0.507 e. The molecular weight excluding hydrogens is 358 g/mol. The van der Waals surface area contributed by atoms with E-state index in [4.69, 9.17) is 14.6 Å². The van der Waals surface area contributed by atoms with Crippen molar-refractivity contribution in [3.63, 3.8) is 0 Å². The van der Waals surface area contributed by atoms with Gasteiger partial charge in [-0.1, -0.05) is 26.2 Å². The van der Waals surface area contributed by atoms with Gasteiger partial charge in [0.2, 0.25) is 0 Å². The fourth-order valence-electron chi connectivity index (χ4n) is 2.49. The summed E-state index contributed by atoms with van der Waals surface area (Å²) in [5.74, 6) is 0.379. The number of esters is 1. The molecule has 0 heterocycles. The predicted octanol–water partition coefficient (Wildman–Crippen LogP) is 3.98. The van der Waals surface area contributed by atoms with Crippen LogP contribution in [0.3, 0.4) is 0 Å². The third kappa shape index (κ3) is 7.04. The molecule has 0 aliphatic rings. The number of unbranched alkanes of at least 4 members (excludes halogenated alkanes) is 3. The van der Waals surface area contributed by atoms with E-state index in [1.165, 1.54) is 25.1 Å². The van der Waals surface area contributed by atoms with Crippen molar-refractivity contribution in [3.05, 3.63) is 53.6 Å². The van der Waals surface area contributed by atoms with E-state index >= 15 is 0 Å². The molecule has 0 saturated heterocycles. The van der Waals surface area contributed by atoms with Crippen molar-refractivity contribution in [1.29, 1.82) is 0 Å². The number of carbonyl (C=O) groups is 1. The highest BCUT2D eigenvalue weighted by atomic mass is 16.5. The largest absolute Gasteiger partial charge is 0.507 e. The van der Waals surface area contributed by atoms with Gasteiger partial charge in [0.15, 0.2) is 0 Å². The number of benzene rings is 2. The summed E-state index contributed by atoms with van der Waals surface area (Å²) in [5, 5.41) is 18.7. The first kappa shape index (κ1) is 21.4. The van der Waals surface area contributed by atoms with E-state index < -0.39 is 5.97 Å². The Hall–Kier alpha value is -2.86. The van der Waals surface area contributed by atoms with E-state index in [0.717, 1.165) is 18.6 Å². The molecule has 0 aliphatic heterocycles. The molecule has 0 spiro atoms. The normalized spacial score (nSPS) is 10.9. The van der Waals surface area contributed by atoms with E-state index in [2.05, 4.69) is 11.9 Å². The summed E-state index contributed by atoms with van der Waals surface area (Å²) in [7, 11) is 0. The number of nitrogens with zero attached hydrogens (tertiary/aromatic N) is 1. The number of aliphatic hydroxyl groups is 1. The monoisotopic (exact) mass is 385 g/mol. The van der Waals surface area contributed by atoms with Crippen molar-refractivity contribution in [2.75, 3.05) is 19.8 Å². The van der Waals surface area contributed by atoms with Crippen LogP contribution in [0.15, 0.2) is 47.5 Å². The molecule has 0 bridgehead atoms. The zero-order valence-corrected chi connectivity index (χ0v) is 16.1. The van der Waals surface area contributed by atoms with Crippen molar-refractivity contribution in [2.24, 2.45) is 4.99 Å². The van der Waals surface area contributed by atoms with Gasteiger partial charge in [-0.25, -0.2) is 4.79 Å². The number of ether oxygens (including phenoxy) is 2. The molecule has 0 unspecified atom stereocenters. The van der Waals surface area contributed by atoms with Gasteiger partial charge in [-0.3, -0.25) is 4.99 Å². The van der Waals surface area contributed by atoms with Crippen molar-refractivity contribution >= 4 is 12.2 Å². The molecule has 2 aromatic carbocycles. The third-order valence-corrected chi connectivity index (χ3v) is 4.03. The Morgan fingerprint density at radius 3 is 2.50 bits per heavy atom. The summed E-state index contributed by atoms with van der Waals surface area (Å²) >= 11 is 0. The minimum atomic E-state index is -0.518. The summed E-state index contributed by atoms with van der Waals surface area (Å²) in [4.78, 5) is 16.2. The summed E-state index contributed by atoms with van der Waals surface area (Å²) in [5.41, 5.74) is 0.875. The van der Waals surface area contributed by atoms with Gasteiger partial charge in [-0.05, 0) is 42.8 Å². The molecule has 2 N–H and O–H groups in total. The molecule has 2 rings (SSSR count). The molecule has 0 aromatic heterocycles. The number of aliphatic imine (C=N–C) groups is 1. The standard InChI is InChI=1S/C22H27NO5/c1-2-3-4-5-14-27-19-9-6-17(7-10-19)22(26)28-20-11-8-18(21(25)15-20)16-23-12-13-24/h6-11,15-16,24-25H,2-5,12-14H2,1H3. The SMILES string of the molecule is CCCCCCOc1ccc(C(=O)Oc2ccc(C=NCCO)c(O)c2)cc1. The van der Waals surface area contributed by atoms with Crippen LogP contribution in [0.2, 0.25) is 0 Å². The first-order valence-corrected chi connectivity index (χ1v) is 9.52. The van der Waals surface area contributed by atoms with E-state index in [9.17, 15) is 9.90 Å². The Balaban J connectivity index is 1.89. The Morgan fingerprint density at radius 2 is 1.82 bits per heavy atom. The summed E-state index contributed by atoms with van der Waals surface area (Å²) in [6.07, 6.45) is 6.02. The lowest BCUT2D eigenvalue weighted by Gasteiger charge is -2.08. The lowest BCUT2D eigenvalue weighted by molar-refractivity contribution is 0.0734. The maximum absolute atomic E-state index is 12.3. The predicted molar refractivity (Wildman–Crippen MR) is 109 cm³/mol. The number of phenols is 1. The van der Waals surface area contributed by atoms with Crippen molar-refractivity contribution < 1.29 is 24.5 Å². The Labute approximate surface area is 165 Å². The molecule has 0 aliphatic carbocycles. The van der Waals surface area contributed by atoms with Gasteiger partial charge in [-0.15, -0.1) is 0 Å². The zero-order valence-electron chi connectivity index (χ0n) is 16.1. The third-order valence-electron chi connectivity index (χ3n) is 4.03. The van der Waals surface area contributed by atoms with Crippen molar-refractivity contribution in [2.45, 2.75) is 32.6 Å². The van der Waals surface area contributed by atoms with Gasteiger partial charge in [0.05, 0.1) is 25.3 Å². The molecule has 28 heavy (non-hydrogen) atoms.